The van der Waals surface area contributed by atoms with Gasteiger partial charge in [0.1, 0.15) is 24.0 Å². The second-order valence-electron chi connectivity index (χ2n) is 6.91. The van der Waals surface area contributed by atoms with Crippen molar-refractivity contribution in [2.24, 2.45) is 0 Å². The first kappa shape index (κ1) is 19.9. The highest BCUT2D eigenvalue weighted by atomic mass is 16.5. The fourth-order valence-corrected chi connectivity index (χ4v) is 3.39. The van der Waals surface area contributed by atoms with Crippen molar-refractivity contribution in [3.63, 3.8) is 0 Å². The molecular weight excluding hydrogens is 350 g/mol. The van der Waals surface area contributed by atoms with Crippen LogP contribution < -0.4 is 4.74 Å². The molecule has 0 spiro atoms. The van der Waals surface area contributed by atoms with E-state index in [1.165, 1.54) is 6.92 Å². The van der Waals surface area contributed by atoms with Gasteiger partial charge in [-0.3, -0.25) is 9.78 Å². The molecule has 0 aliphatic rings. The van der Waals surface area contributed by atoms with Crippen molar-refractivity contribution in [2.75, 3.05) is 0 Å². The minimum absolute atomic E-state index is 0.241. The van der Waals surface area contributed by atoms with Gasteiger partial charge in [-0.05, 0) is 36.1 Å². The molecule has 146 valence electrons. The summed E-state index contributed by atoms with van der Waals surface area (Å²) in [7, 11) is 0. The molecule has 0 bridgehead atoms. The van der Waals surface area contributed by atoms with E-state index in [1.54, 1.807) is 6.20 Å². The molecule has 4 heteroatoms. The van der Waals surface area contributed by atoms with Crippen LogP contribution in [0.5, 0.6) is 5.75 Å². The van der Waals surface area contributed by atoms with E-state index < -0.39 is 0 Å². The van der Waals surface area contributed by atoms with E-state index in [2.05, 4.69) is 11.9 Å². The van der Waals surface area contributed by atoms with Gasteiger partial charge in [0.25, 0.3) is 0 Å². The maximum Gasteiger partial charge on any atom is 0.303 e. The quantitative estimate of drug-likeness (QED) is 0.339. The summed E-state index contributed by atoms with van der Waals surface area (Å²) in [6.45, 7) is 4.03. The second-order valence-corrected chi connectivity index (χ2v) is 6.91. The number of benzene rings is 2. The van der Waals surface area contributed by atoms with Gasteiger partial charge in [0.15, 0.2) is 0 Å². The van der Waals surface area contributed by atoms with Gasteiger partial charge < -0.3 is 9.47 Å². The average Bonchev–Trinajstić information content (AvgIpc) is 2.71. The first-order valence-corrected chi connectivity index (χ1v) is 9.90. The molecule has 1 aromatic heterocycles. The summed E-state index contributed by atoms with van der Waals surface area (Å²) in [5.41, 5.74) is 2.89. The Morgan fingerprint density at radius 2 is 1.86 bits per heavy atom. The zero-order valence-electron chi connectivity index (χ0n) is 16.6. The average molecular weight is 377 g/mol. The van der Waals surface area contributed by atoms with Crippen molar-refractivity contribution in [3.8, 4) is 5.75 Å². The highest BCUT2D eigenvalue weighted by Gasteiger charge is 2.18. The normalized spacial score (nSPS) is 11.9. The Balaban J connectivity index is 1.81. The topological polar surface area (TPSA) is 48.4 Å². The van der Waals surface area contributed by atoms with Crippen molar-refractivity contribution >= 4 is 16.9 Å². The predicted octanol–water partition coefficient (Wildman–Crippen LogP) is 6.00. The van der Waals surface area contributed by atoms with Gasteiger partial charge in [0.2, 0.25) is 0 Å². The molecule has 28 heavy (non-hydrogen) atoms. The number of nitrogens with zero attached hydrogens (tertiary/aromatic N) is 1. The second kappa shape index (κ2) is 9.88. The summed E-state index contributed by atoms with van der Waals surface area (Å²) in [5, 5.41) is 1.05. The molecule has 0 N–H and O–H groups in total. The molecular formula is C24H27NO3. The minimum Gasteiger partial charge on any atom is -0.487 e. The van der Waals surface area contributed by atoms with Crippen LogP contribution in [0.4, 0.5) is 0 Å². The van der Waals surface area contributed by atoms with Crippen molar-refractivity contribution < 1.29 is 14.3 Å². The Kier molecular flexibility index (Phi) is 7.01. The van der Waals surface area contributed by atoms with E-state index in [0.717, 1.165) is 53.5 Å². The van der Waals surface area contributed by atoms with Crippen molar-refractivity contribution in [1.29, 1.82) is 0 Å². The predicted molar refractivity (Wildman–Crippen MR) is 111 cm³/mol. The van der Waals surface area contributed by atoms with Gasteiger partial charge in [0, 0.05) is 18.5 Å². The molecule has 0 saturated carbocycles. The fourth-order valence-electron chi connectivity index (χ4n) is 3.39. The summed E-state index contributed by atoms with van der Waals surface area (Å²) in [6.07, 6.45) is 5.63. The summed E-state index contributed by atoms with van der Waals surface area (Å²) in [4.78, 5) is 16.1. The molecule has 0 amide bonds. The van der Waals surface area contributed by atoms with Gasteiger partial charge >= 0.3 is 5.97 Å². The number of aromatic nitrogens is 1. The maximum atomic E-state index is 11.6. The van der Waals surface area contributed by atoms with Crippen LogP contribution in [0.2, 0.25) is 0 Å². The molecule has 1 heterocycles. The van der Waals surface area contributed by atoms with Crippen LogP contribution >= 0.6 is 0 Å². The molecule has 3 aromatic rings. The Bertz CT molecular complexity index is 917. The fraction of sp³-hybridized carbons (Fsp3) is 0.333. The number of ether oxygens (including phenoxy) is 2. The lowest BCUT2D eigenvalue weighted by molar-refractivity contribution is -0.147. The standard InChI is InChI=1S/C24H27NO3/c1-3-4-5-14-22(28-18(2)26)21-13-7-6-10-20(21)17-27-23-15-8-11-19-12-9-16-25-24(19)23/h6-13,15-16,22H,3-5,14,17H2,1-2H3. The zero-order chi connectivity index (χ0) is 19.8. The van der Waals surface area contributed by atoms with E-state index >= 15 is 0 Å². The molecule has 4 nitrogen and oxygen atoms in total. The third-order valence-corrected chi connectivity index (χ3v) is 4.76. The number of rotatable bonds is 9. The van der Waals surface area contributed by atoms with Crippen LogP contribution in [0.3, 0.4) is 0 Å². The van der Waals surface area contributed by atoms with E-state index in [-0.39, 0.29) is 12.1 Å². The zero-order valence-corrected chi connectivity index (χ0v) is 16.6. The molecule has 3 rings (SSSR count). The number of unbranched alkanes of at least 4 members (excludes halogenated alkanes) is 2. The largest absolute Gasteiger partial charge is 0.487 e. The maximum absolute atomic E-state index is 11.6. The molecule has 1 atom stereocenters. The van der Waals surface area contributed by atoms with Gasteiger partial charge in [-0.2, -0.15) is 0 Å². The van der Waals surface area contributed by atoms with Crippen molar-refractivity contribution in [1.82, 2.24) is 4.98 Å². The molecule has 0 fully saturated rings. The van der Waals surface area contributed by atoms with Crippen LogP contribution in [0.25, 0.3) is 10.9 Å². The van der Waals surface area contributed by atoms with Crippen molar-refractivity contribution in [2.45, 2.75) is 52.2 Å². The first-order valence-electron chi connectivity index (χ1n) is 9.90. The number of para-hydroxylation sites is 1. The number of carbonyl (C=O) groups is 1. The third-order valence-electron chi connectivity index (χ3n) is 4.76. The first-order chi connectivity index (χ1) is 13.7. The number of fused-ring (bicyclic) bond motifs is 1. The Morgan fingerprint density at radius 1 is 1.04 bits per heavy atom. The van der Waals surface area contributed by atoms with Crippen molar-refractivity contribution in [3.05, 3.63) is 71.9 Å². The van der Waals surface area contributed by atoms with Gasteiger partial charge in [-0.25, -0.2) is 0 Å². The minimum atomic E-state index is -0.254. The Hall–Kier alpha value is -2.88. The number of pyridine rings is 1. The summed E-state index contributed by atoms with van der Waals surface area (Å²) < 4.78 is 11.8. The lowest BCUT2D eigenvalue weighted by atomic mass is 9.98. The van der Waals surface area contributed by atoms with Crippen LogP contribution in [-0.4, -0.2) is 11.0 Å². The monoisotopic (exact) mass is 377 g/mol. The Labute approximate surface area is 166 Å². The lowest BCUT2D eigenvalue weighted by Gasteiger charge is -2.21. The summed E-state index contributed by atoms with van der Waals surface area (Å²) >= 11 is 0. The number of carbonyl (C=O) groups excluding carboxylic acids is 1. The smallest absolute Gasteiger partial charge is 0.303 e. The highest BCUT2D eigenvalue weighted by Crippen LogP contribution is 2.29. The number of hydrogen-bond acceptors (Lipinski definition) is 4. The van der Waals surface area contributed by atoms with E-state index in [4.69, 9.17) is 9.47 Å². The molecule has 0 radical (unpaired) electrons. The van der Waals surface area contributed by atoms with E-state index in [9.17, 15) is 4.79 Å². The van der Waals surface area contributed by atoms with Crippen LogP contribution in [-0.2, 0) is 16.1 Å². The molecule has 1 unspecified atom stereocenters. The summed E-state index contributed by atoms with van der Waals surface area (Å²) in [6, 6.07) is 17.9. The summed E-state index contributed by atoms with van der Waals surface area (Å²) in [5.74, 6) is 0.499. The van der Waals surface area contributed by atoms with Crippen LogP contribution in [0.1, 0.15) is 56.8 Å². The van der Waals surface area contributed by atoms with Gasteiger partial charge in [-0.15, -0.1) is 0 Å². The van der Waals surface area contributed by atoms with E-state index in [1.807, 2.05) is 54.6 Å². The van der Waals surface area contributed by atoms with Crippen LogP contribution in [0, 0.1) is 0 Å². The van der Waals surface area contributed by atoms with E-state index in [0.29, 0.717) is 6.61 Å². The highest BCUT2D eigenvalue weighted by molar-refractivity contribution is 5.84. The van der Waals surface area contributed by atoms with Gasteiger partial charge in [-0.1, -0.05) is 62.2 Å². The molecule has 2 aromatic carbocycles. The Morgan fingerprint density at radius 3 is 2.68 bits per heavy atom. The SMILES string of the molecule is CCCCCC(OC(C)=O)c1ccccc1COc1cccc2cccnc12. The molecule has 0 aliphatic heterocycles. The molecule has 0 saturated heterocycles. The lowest BCUT2D eigenvalue weighted by Crippen LogP contribution is -2.12. The molecule has 0 aliphatic carbocycles. The number of hydrogen-bond donors (Lipinski definition) is 0. The van der Waals surface area contributed by atoms with Gasteiger partial charge in [0.05, 0.1) is 0 Å². The third kappa shape index (κ3) is 5.10. The van der Waals surface area contributed by atoms with Crippen LogP contribution in [0.15, 0.2) is 60.8 Å². The number of esters is 1.